The maximum absolute atomic E-state index is 13.0. The Bertz CT molecular complexity index is 852. The summed E-state index contributed by atoms with van der Waals surface area (Å²) in [5.74, 6) is -0.0222. The van der Waals surface area contributed by atoms with Gasteiger partial charge >= 0.3 is 0 Å². The summed E-state index contributed by atoms with van der Waals surface area (Å²) < 4.78 is 0. The van der Waals surface area contributed by atoms with Crippen LogP contribution in [0.2, 0.25) is 0 Å². The van der Waals surface area contributed by atoms with Crippen molar-refractivity contribution in [3.05, 3.63) is 59.4 Å². The van der Waals surface area contributed by atoms with Gasteiger partial charge < -0.3 is 15.1 Å². The van der Waals surface area contributed by atoms with Crippen LogP contribution in [-0.4, -0.2) is 54.4 Å². The molecule has 140 valence electrons. The van der Waals surface area contributed by atoms with E-state index in [9.17, 15) is 9.59 Å². The number of aromatic nitrogens is 1. The van der Waals surface area contributed by atoms with Crippen LogP contribution in [0.25, 0.3) is 0 Å². The summed E-state index contributed by atoms with van der Waals surface area (Å²) in [4.78, 5) is 32.9. The van der Waals surface area contributed by atoms with Crippen LogP contribution in [0.1, 0.15) is 28.0 Å². The third-order valence-electron chi connectivity index (χ3n) is 5.30. The number of rotatable bonds is 2. The van der Waals surface area contributed by atoms with Gasteiger partial charge in [-0.2, -0.15) is 0 Å². The molecule has 4 rings (SSSR count). The molecule has 0 atom stereocenters. The number of carbonyl (C=O) groups is 2. The molecule has 1 N–H and O–H groups in total. The highest BCUT2D eigenvalue weighted by molar-refractivity contribution is 5.93. The molecule has 2 aliphatic heterocycles. The van der Waals surface area contributed by atoms with Gasteiger partial charge in [-0.1, -0.05) is 24.3 Å². The average molecular weight is 364 g/mol. The lowest BCUT2D eigenvalue weighted by atomic mass is 9.98. The Labute approximate surface area is 159 Å². The number of hydrogen-bond donors (Lipinski definition) is 1. The Morgan fingerprint density at radius 3 is 2.67 bits per heavy atom. The normalized spacial score (nSPS) is 17.6. The fourth-order valence-corrected chi connectivity index (χ4v) is 3.83. The van der Waals surface area contributed by atoms with Gasteiger partial charge in [0.1, 0.15) is 5.69 Å². The van der Waals surface area contributed by atoms with Crippen LogP contribution >= 0.6 is 0 Å². The molecule has 3 heterocycles. The van der Waals surface area contributed by atoms with Gasteiger partial charge in [0.2, 0.25) is 5.91 Å². The molecular formula is C21H24N4O2. The van der Waals surface area contributed by atoms with E-state index in [-0.39, 0.29) is 11.8 Å². The molecule has 1 aromatic carbocycles. The third kappa shape index (κ3) is 3.94. The molecule has 2 aliphatic rings. The van der Waals surface area contributed by atoms with Crippen LogP contribution in [0.4, 0.5) is 5.69 Å². The maximum atomic E-state index is 13.0. The Hall–Kier alpha value is -2.89. The summed E-state index contributed by atoms with van der Waals surface area (Å²) in [6.45, 7) is 3.12. The highest BCUT2D eigenvalue weighted by Gasteiger charge is 2.22. The fraction of sp³-hybridized carbons (Fsp3) is 0.381. The Morgan fingerprint density at radius 2 is 1.85 bits per heavy atom. The first-order valence-electron chi connectivity index (χ1n) is 9.54. The number of pyridine rings is 1. The van der Waals surface area contributed by atoms with Crippen molar-refractivity contribution < 1.29 is 9.59 Å². The largest absolute Gasteiger partial charge is 0.360 e. The molecule has 0 unspecified atom stereocenters. The number of amides is 2. The smallest absolute Gasteiger partial charge is 0.272 e. The van der Waals surface area contributed by atoms with Crippen molar-refractivity contribution in [1.82, 2.24) is 15.2 Å². The zero-order valence-corrected chi connectivity index (χ0v) is 15.4. The minimum atomic E-state index is -0.0299. The molecular weight excluding hydrogens is 340 g/mol. The number of fused-ring (bicyclic) bond motifs is 1. The summed E-state index contributed by atoms with van der Waals surface area (Å²) in [7, 11) is 0. The van der Waals surface area contributed by atoms with E-state index in [1.807, 2.05) is 21.9 Å². The number of nitrogens with one attached hydrogen (secondary N) is 1. The van der Waals surface area contributed by atoms with Gasteiger partial charge in [-0.15, -0.1) is 0 Å². The summed E-state index contributed by atoms with van der Waals surface area (Å²) >= 11 is 0. The zero-order valence-electron chi connectivity index (χ0n) is 15.4. The van der Waals surface area contributed by atoms with Gasteiger partial charge in [-0.05, 0) is 42.5 Å². The number of aryl methyl sites for hydroxylation is 1. The van der Waals surface area contributed by atoms with E-state index in [4.69, 9.17) is 0 Å². The van der Waals surface area contributed by atoms with E-state index in [1.54, 1.807) is 6.20 Å². The van der Waals surface area contributed by atoms with Crippen LogP contribution in [0.3, 0.4) is 0 Å². The summed E-state index contributed by atoms with van der Waals surface area (Å²) in [5, 5.41) is 2.82. The van der Waals surface area contributed by atoms with Crippen molar-refractivity contribution in [2.24, 2.45) is 0 Å². The van der Waals surface area contributed by atoms with Crippen molar-refractivity contribution in [2.75, 3.05) is 37.6 Å². The first-order chi connectivity index (χ1) is 13.2. The second-order valence-corrected chi connectivity index (χ2v) is 7.09. The van der Waals surface area contributed by atoms with Crippen molar-refractivity contribution >= 4 is 17.5 Å². The van der Waals surface area contributed by atoms with E-state index in [0.29, 0.717) is 25.3 Å². The lowest BCUT2D eigenvalue weighted by Crippen LogP contribution is -2.47. The van der Waals surface area contributed by atoms with Crippen molar-refractivity contribution in [2.45, 2.75) is 19.3 Å². The molecule has 1 fully saturated rings. The van der Waals surface area contributed by atoms with Gasteiger partial charge in [0.25, 0.3) is 5.91 Å². The Kier molecular flexibility index (Phi) is 5.05. The quantitative estimate of drug-likeness (QED) is 0.880. The number of anilines is 1. The van der Waals surface area contributed by atoms with Gasteiger partial charge in [-0.3, -0.25) is 14.6 Å². The molecule has 2 aromatic rings. The molecule has 0 aliphatic carbocycles. The van der Waals surface area contributed by atoms with E-state index in [2.05, 4.69) is 34.6 Å². The highest BCUT2D eigenvalue weighted by atomic mass is 16.2. The van der Waals surface area contributed by atoms with Crippen LogP contribution in [0.5, 0.6) is 0 Å². The SMILES string of the molecule is O=C1CN(c2ccnc(C(=O)N3CCCc4ccccc4CC3)c2)CCN1. The lowest BCUT2D eigenvalue weighted by Gasteiger charge is -2.29. The fourth-order valence-electron chi connectivity index (χ4n) is 3.83. The van der Waals surface area contributed by atoms with E-state index in [0.717, 1.165) is 38.0 Å². The summed E-state index contributed by atoms with van der Waals surface area (Å²) in [6, 6.07) is 12.2. The second kappa shape index (κ2) is 7.78. The van der Waals surface area contributed by atoms with Crippen molar-refractivity contribution in [3.63, 3.8) is 0 Å². The molecule has 6 heteroatoms. The number of piperazine rings is 1. The highest BCUT2D eigenvalue weighted by Crippen LogP contribution is 2.19. The molecule has 0 saturated carbocycles. The summed E-state index contributed by atoms with van der Waals surface area (Å²) in [5.41, 5.74) is 4.05. The number of hydrogen-bond acceptors (Lipinski definition) is 4. The first-order valence-corrected chi connectivity index (χ1v) is 9.54. The molecule has 6 nitrogen and oxygen atoms in total. The van der Waals surface area contributed by atoms with Crippen LogP contribution < -0.4 is 10.2 Å². The zero-order chi connectivity index (χ0) is 18.6. The summed E-state index contributed by atoms with van der Waals surface area (Å²) in [6.07, 6.45) is 4.48. The molecule has 2 amide bonds. The van der Waals surface area contributed by atoms with Crippen molar-refractivity contribution in [3.8, 4) is 0 Å². The molecule has 0 radical (unpaired) electrons. The predicted octanol–water partition coefficient (Wildman–Crippen LogP) is 1.65. The number of benzene rings is 1. The Balaban J connectivity index is 1.49. The predicted molar refractivity (Wildman–Crippen MR) is 104 cm³/mol. The van der Waals surface area contributed by atoms with E-state index in [1.165, 1.54) is 11.1 Å². The first kappa shape index (κ1) is 17.5. The van der Waals surface area contributed by atoms with Gasteiger partial charge in [-0.25, -0.2) is 0 Å². The van der Waals surface area contributed by atoms with Crippen LogP contribution in [-0.2, 0) is 17.6 Å². The molecule has 1 aromatic heterocycles. The van der Waals surface area contributed by atoms with Crippen molar-refractivity contribution in [1.29, 1.82) is 0 Å². The monoisotopic (exact) mass is 364 g/mol. The van der Waals surface area contributed by atoms with Crippen LogP contribution in [0, 0.1) is 0 Å². The minimum Gasteiger partial charge on any atom is -0.360 e. The standard InChI is InChI=1S/C21H24N4O2/c26-20-15-25(13-10-23-20)18-7-9-22-19(14-18)21(27)24-11-3-6-16-4-1-2-5-17(16)8-12-24/h1-2,4-5,7,9,14H,3,6,8,10-13,15H2,(H,23,26). The molecule has 1 saturated heterocycles. The van der Waals surface area contributed by atoms with Crippen LogP contribution in [0.15, 0.2) is 42.6 Å². The topological polar surface area (TPSA) is 65.5 Å². The molecule has 0 bridgehead atoms. The maximum Gasteiger partial charge on any atom is 0.272 e. The minimum absolute atomic E-state index is 0.00775. The average Bonchev–Trinajstić information content (AvgIpc) is 2.68. The second-order valence-electron chi connectivity index (χ2n) is 7.09. The molecule has 0 spiro atoms. The van der Waals surface area contributed by atoms with E-state index >= 15 is 0 Å². The van der Waals surface area contributed by atoms with Gasteiger partial charge in [0.15, 0.2) is 0 Å². The van der Waals surface area contributed by atoms with Gasteiger partial charge in [0.05, 0.1) is 6.54 Å². The lowest BCUT2D eigenvalue weighted by molar-refractivity contribution is -0.120. The Morgan fingerprint density at radius 1 is 1.04 bits per heavy atom. The van der Waals surface area contributed by atoms with Gasteiger partial charge in [0, 0.05) is 38.1 Å². The third-order valence-corrected chi connectivity index (χ3v) is 5.30. The number of nitrogens with zero attached hydrogens (tertiary/aromatic N) is 3. The van der Waals surface area contributed by atoms with E-state index < -0.39 is 0 Å². The number of carbonyl (C=O) groups excluding carboxylic acids is 2. The molecule has 27 heavy (non-hydrogen) atoms.